The van der Waals surface area contributed by atoms with E-state index >= 15 is 0 Å². The maximum Gasteiger partial charge on any atom is 0.163 e. The van der Waals surface area contributed by atoms with Crippen molar-refractivity contribution in [1.29, 1.82) is 0 Å². The van der Waals surface area contributed by atoms with Gasteiger partial charge in [0.2, 0.25) is 0 Å². The first-order valence-corrected chi connectivity index (χ1v) is 7.17. The number of benzene rings is 1. The fourth-order valence-electron chi connectivity index (χ4n) is 2.44. The molecule has 106 valence electrons. The molecule has 0 bridgehead atoms. The Bertz CT molecular complexity index is 414. The molecular weight excluding hydrogens is 270 g/mol. The van der Waals surface area contributed by atoms with E-state index in [9.17, 15) is 8.78 Å². The molecule has 0 spiro atoms. The average Bonchev–Trinajstić information content (AvgIpc) is 2.61. The maximum atomic E-state index is 13.6. The van der Waals surface area contributed by atoms with E-state index in [1.807, 2.05) is 0 Å². The summed E-state index contributed by atoms with van der Waals surface area (Å²) in [6.07, 6.45) is 1.04. The van der Waals surface area contributed by atoms with E-state index in [2.05, 4.69) is 9.80 Å². The molecular formula is C14H19ClF2N2. The minimum Gasteiger partial charge on any atom is -0.301 e. The van der Waals surface area contributed by atoms with Crippen LogP contribution in [0.15, 0.2) is 18.2 Å². The van der Waals surface area contributed by atoms with Crippen LogP contribution in [0.3, 0.4) is 0 Å². The van der Waals surface area contributed by atoms with Crippen LogP contribution in [0.1, 0.15) is 12.0 Å². The van der Waals surface area contributed by atoms with Gasteiger partial charge in [-0.2, -0.15) is 0 Å². The number of hydrogen-bond donors (Lipinski definition) is 0. The molecule has 19 heavy (non-hydrogen) atoms. The molecule has 0 radical (unpaired) electrons. The second kappa shape index (κ2) is 7.17. The van der Waals surface area contributed by atoms with Crippen molar-refractivity contribution >= 4 is 11.6 Å². The van der Waals surface area contributed by atoms with E-state index < -0.39 is 11.6 Å². The summed E-state index contributed by atoms with van der Waals surface area (Å²) in [5.74, 6) is -0.848. The molecule has 1 aliphatic heterocycles. The lowest BCUT2D eigenvalue weighted by Gasteiger charge is -2.21. The molecule has 1 saturated heterocycles. The first-order chi connectivity index (χ1) is 9.20. The van der Waals surface area contributed by atoms with E-state index in [1.54, 1.807) is 12.1 Å². The van der Waals surface area contributed by atoms with Gasteiger partial charge in [0, 0.05) is 37.6 Å². The smallest absolute Gasteiger partial charge is 0.163 e. The molecule has 2 nitrogen and oxygen atoms in total. The van der Waals surface area contributed by atoms with Crippen LogP contribution in [0, 0.1) is 11.6 Å². The monoisotopic (exact) mass is 288 g/mol. The minimum absolute atomic E-state index is 0.436. The van der Waals surface area contributed by atoms with Gasteiger partial charge in [0.1, 0.15) is 0 Å². The quantitative estimate of drug-likeness (QED) is 0.786. The first-order valence-electron chi connectivity index (χ1n) is 6.64. The van der Waals surface area contributed by atoms with Crippen LogP contribution in [-0.4, -0.2) is 48.4 Å². The predicted octanol–water partition coefficient (Wildman–Crippen LogP) is 2.71. The van der Waals surface area contributed by atoms with Crippen LogP contribution in [0.25, 0.3) is 0 Å². The summed E-state index contributed by atoms with van der Waals surface area (Å²) >= 11 is 5.75. The number of rotatable bonds is 4. The van der Waals surface area contributed by atoms with Crippen LogP contribution in [-0.2, 0) is 6.54 Å². The number of alkyl halides is 1. The Hall–Kier alpha value is -0.710. The highest BCUT2D eigenvalue weighted by atomic mass is 35.5. The molecule has 0 unspecified atom stereocenters. The summed E-state index contributed by atoms with van der Waals surface area (Å²) in [5, 5.41) is 0. The summed E-state index contributed by atoms with van der Waals surface area (Å²) in [6, 6.07) is 4.37. The Labute approximate surface area is 117 Å². The van der Waals surface area contributed by atoms with Crippen molar-refractivity contribution in [1.82, 2.24) is 9.80 Å². The zero-order valence-corrected chi connectivity index (χ0v) is 11.7. The van der Waals surface area contributed by atoms with Crippen molar-refractivity contribution < 1.29 is 8.78 Å². The Morgan fingerprint density at radius 3 is 2.58 bits per heavy atom. The fourth-order valence-corrected chi connectivity index (χ4v) is 2.68. The molecule has 1 heterocycles. The third-order valence-corrected chi connectivity index (χ3v) is 3.68. The average molecular weight is 289 g/mol. The largest absolute Gasteiger partial charge is 0.301 e. The molecule has 0 N–H and O–H groups in total. The zero-order valence-electron chi connectivity index (χ0n) is 10.9. The molecule has 0 saturated carbocycles. The van der Waals surface area contributed by atoms with Crippen molar-refractivity contribution in [3.05, 3.63) is 35.4 Å². The highest BCUT2D eigenvalue weighted by Crippen LogP contribution is 2.15. The third-order valence-electron chi connectivity index (χ3n) is 3.51. The predicted molar refractivity (Wildman–Crippen MR) is 73.4 cm³/mol. The van der Waals surface area contributed by atoms with E-state index in [0.717, 1.165) is 45.2 Å². The van der Waals surface area contributed by atoms with E-state index in [0.29, 0.717) is 18.0 Å². The summed E-state index contributed by atoms with van der Waals surface area (Å²) in [7, 11) is 0. The Balaban J connectivity index is 1.94. The van der Waals surface area contributed by atoms with Gasteiger partial charge in [0.05, 0.1) is 0 Å². The molecule has 0 aromatic heterocycles. The lowest BCUT2D eigenvalue weighted by Crippen LogP contribution is -2.31. The number of halogens is 3. The van der Waals surface area contributed by atoms with Crippen molar-refractivity contribution in [2.45, 2.75) is 13.0 Å². The van der Waals surface area contributed by atoms with Gasteiger partial charge in [0.25, 0.3) is 0 Å². The number of hydrogen-bond acceptors (Lipinski definition) is 2. The van der Waals surface area contributed by atoms with Gasteiger partial charge in [-0.3, -0.25) is 4.90 Å². The third kappa shape index (κ3) is 4.13. The van der Waals surface area contributed by atoms with E-state index in [1.165, 1.54) is 0 Å². The fraction of sp³-hybridized carbons (Fsp3) is 0.571. The molecule has 5 heteroatoms. The van der Waals surface area contributed by atoms with Crippen LogP contribution < -0.4 is 0 Å². The molecule has 2 rings (SSSR count). The van der Waals surface area contributed by atoms with Crippen LogP contribution >= 0.6 is 11.6 Å². The maximum absolute atomic E-state index is 13.6. The minimum atomic E-state index is -0.768. The highest BCUT2D eigenvalue weighted by Gasteiger charge is 2.16. The summed E-state index contributed by atoms with van der Waals surface area (Å²) in [6.45, 7) is 5.10. The molecule has 0 atom stereocenters. The summed E-state index contributed by atoms with van der Waals surface area (Å²) in [4.78, 5) is 4.49. The van der Waals surface area contributed by atoms with Gasteiger partial charge in [0.15, 0.2) is 11.6 Å². The summed E-state index contributed by atoms with van der Waals surface area (Å²) in [5.41, 5.74) is 0.436. The van der Waals surface area contributed by atoms with Crippen LogP contribution in [0.5, 0.6) is 0 Å². The van der Waals surface area contributed by atoms with Crippen molar-refractivity contribution in [2.75, 3.05) is 38.6 Å². The molecule has 1 aliphatic rings. The molecule has 0 amide bonds. The van der Waals surface area contributed by atoms with Crippen LogP contribution in [0.4, 0.5) is 8.78 Å². The second-order valence-corrected chi connectivity index (χ2v) is 5.25. The van der Waals surface area contributed by atoms with Crippen molar-refractivity contribution in [3.63, 3.8) is 0 Å². The Morgan fingerprint density at radius 2 is 1.79 bits per heavy atom. The summed E-state index contributed by atoms with van der Waals surface area (Å²) < 4.78 is 26.8. The molecule has 0 aliphatic carbocycles. The highest BCUT2D eigenvalue weighted by molar-refractivity contribution is 6.18. The SMILES string of the molecule is Fc1cccc(CN2CCCN(CCCl)CC2)c1F. The lowest BCUT2D eigenvalue weighted by atomic mass is 10.2. The Kier molecular flexibility index (Phi) is 5.55. The van der Waals surface area contributed by atoms with Crippen molar-refractivity contribution in [3.8, 4) is 0 Å². The topological polar surface area (TPSA) is 6.48 Å². The lowest BCUT2D eigenvalue weighted by molar-refractivity contribution is 0.254. The molecule has 1 fully saturated rings. The molecule has 1 aromatic rings. The van der Waals surface area contributed by atoms with Gasteiger partial charge >= 0.3 is 0 Å². The first kappa shape index (κ1) is 14.7. The van der Waals surface area contributed by atoms with Gasteiger partial charge in [-0.05, 0) is 25.6 Å². The van der Waals surface area contributed by atoms with E-state index in [-0.39, 0.29) is 0 Å². The molecule has 1 aromatic carbocycles. The van der Waals surface area contributed by atoms with Gasteiger partial charge in [-0.25, -0.2) is 8.78 Å². The Morgan fingerprint density at radius 1 is 1.05 bits per heavy atom. The van der Waals surface area contributed by atoms with Crippen molar-refractivity contribution in [2.24, 2.45) is 0 Å². The van der Waals surface area contributed by atoms with Gasteiger partial charge in [-0.1, -0.05) is 12.1 Å². The van der Waals surface area contributed by atoms with Gasteiger partial charge < -0.3 is 4.90 Å². The van der Waals surface area contributed by atoms with Gasteiger partial charge in [-0.15, -0.1) is 11.6 Å². The standard InChI is InChI=1S/C14H19ClF2N2/c15-5-8-18-6-2-7-19(10-9-18)11-12-3-1-4-13(16)14(12)17/h1,3-4H,2,5-11H2. The number of nitrogens with zero attached hydrogens (tertiary/aromatic N) is 2. The van der Waals surface area contributed by atoms with E-state index in [4.69, 9.17) is 11.6 Å². The zero-order chi connectivity index (χ0) is 13.7. The second-order valence-electron chi connectivity index (χ2n) is 4.87. The normalized spacial score (nSPS) is 18.5. The van der Waals surface area contributed by atoms with Crippen LogP contribution in [0.2, 0.25) is 0 Å².